The van der Waals surface area contributed by atoms with Crippen molar-refractivity contribution < 1.29 is 4.74 Å². The molecule has 3 aromatic heterocycles. The highest BCUT2D eigenvalue weighted by Gasteiger charge is 2.24. The quantitative estimate of drug-likeness (QED) is 0.120. The van der Waals surface area contributed by atoms with Gasteiger partial charge in [0.2, 0.25) is 5.82 Å². The fraction of sp³-hybridized carbons (Fsp3) is 0.317. The van der Waals surface area contributed by atoms with Crippen LogP contribution in [0, 0.1) is 0 Å². The third-order valence-electron chi connectivity index (χ3n) is 9.37. The van der Waals surface area contributed by atoms with Gasteiger partial charge in [0.1, 0.15) is 17.1 Å². The van der Waals surface area contributed by atoms with Gasteiger partial charge in [-0.1, -0.05) is 94.5 Å². The first-order chi connectivity index (χ1) is 23.5. The van der Waals surface area contributed by atoms with Crippen LogP contribution in [0.5, 0.6) is 5.75 Å². The van der Waals surface area contributed by atoms with E-state index in [0.29, 0.717) is 11.5 Å². The van der Waals surface area contributed by atoms with E-state index in [0.717, 1.165) is 46.5 Å². The van der Waals surface area contributed by atoms with Crippen LogP contribution < -0.4 is 14.9 Å². The summed E-state index contributed by atoms with van der Waals surface area (Å²) in [5.41, 5.74) is 10.7. The summed E-state index contributed by atoms with van der Waals surface area (Å²) in [4.78, 5) is 7.04. The SMILES string of the molecule is CCCCCCCCN1C(C)=C(C)C(=CC=C(C=c2c(-c3ccccc3OC)nn3c(-c4ccccn4)nnc23)CC)c2ccccc21. The molecule has 0 spiro atoms. The first kappa shape index (κ1) is 32.9. The molecule has 4 heterocycles. The lowest BCUT2D eigenvalue weighted by Crippen LogP contribution is -2.27. The molecule has 1 aliphatic rings. The van der Waals surface area contributed by atoms with E-state index in [-0.39, 0.29) is 0 Å². The molecule has 2 aromatic carbocycles. The molecule has 0 atom stereocenters. The van der Waals surface area contributed by atoms with E-state index < -0.39 is 0 Å². The lowest BCUT2D eigenvalue weighted by molar-refractivity contribution is 0.416. The van der Waals surface area contributed by atoms with Crippen molar-refractivity contribution in [3.8, 4) is 28.5 Å². The fourth-order valence-corrected chi connectivity index (χ4v) is 6.54. The normalized spacial score (nSPS) is 14.8. The van der Waals surface area contributed by atoms with E-state index in [1.54, 1.807) is 17.8 Å². The zero-order valence-corrected chi connectivity index (χ0v) is 28.9. The van der Waals surface area contributed by atoms with Gasteiger partial charge in [-0.05, 0) is 79.8 Å². The third-order valence-corrected chi connectivity index (χ3v) is 9.37. The van der Waals surface area contributed by atoms with E-state index >= 15 is 0 Å². The number of anilines is 1. The monoisotopic (exact) mass is 638 g/mol. The fourth-order valence-electron chi connectivity index (χ4n) is 6.54. The second-order valence-corrected chi connectivity index (χ2v) is 12.4. The molecular weight excluding hydrogens is 592 g/mol. The van der Waals surface area contributed by atoms with Gasteiger partial charge in [-0.15, -0.1) is 10.2 Å². The molecule has 48 heavy (non-hydrogen) atoms. The van der Waals surface area contributed by atoms with Crippen LogP contribution in [-0.2, 0) is 0 Å². The number of methoxy groups -OCH3 is 1. The maximum absolute atomic E-state index is 5.77. The third kappa shape index (κ3) is 6.68. The topological polar surface area (TPSA) is 68.4 Å². The molecule has 1 aliphatic heterocycles. The van der Waals surface area contributed by atoms with Crippen molar-refractivity contribution in [2.75, 3.05) is 18.6 Å². The van der Waals surface area contributed by atoms with Crippen LogP contribution in [0.15, 0.2) is 102 Å². The number of pyridine rings is 1. The van der Waals surface area contributed by atoms with Crippen molar-refractivity contribution in [2.45, 2.75) is 72.6 Å². The van der Waals surface area contributed by atoms with Crippen LogP contribution in [-0.4, -0.2) is 38.4 Å². The Morgan fingerprint density at radius 3 is 2.35 bits per heavy atom. The highest BCUT2D eigenvalue weighted by Crippen LogP contribution is 2.40. The molecule has 0 amide bonds. The van der Waals surface area contributed by atoms with Gasteiger partial charge in [0, 0.05) is 40.5 Å². The lowest BCUT2D eigenvalue weighted by atomic mass is 9.90. The minimum Gasteiger partial charge on any atom is -0.496 e. The van der Waals surface area contributed by atoms with Crippen LogP contribution in [0.2, 0.25) is 0 Å². The second kappa shape index (κ2) is 15.2. The Hall–Kier alpha value is -5.04. The molecule has 246 valence electrons. The summed E-state index contributed by atoms with van der Waals surface area (Å²) in [5.74, 6) is 1.36. The number of allylic oxidation sites excluding steroid dienone is 6. The number of nitrogens with zero attached hydrogens (tertiary/aromatic N) is 6. The first-order valence-corrected chi connectivity index (χ1v) is 17.3. The first-order valence-electron chi connectivity index (χ1n) is 17.3. The molecule has 7 heteroatoms. The minimum absolute atomic E-state index is 0.603. The number of benzene rings is 2. The molecule has 0 N–H and O–H groups in total. The van der Waals surface area contributed by atoms with Crippen molar-refractivity contribution in [3.05, 3.63) is 113 Å². The molecule has 0 saturated heterocycles. The summed E-state index contributed by atoms with van der Waals surface area (Å²) < 4.78 is 7.57. The minimum atomic E-state index is 0.603. The number of rotatable bonds is 13. The summed E-state index contributed by atoms with van der Waals surface area (Å²) in [6.07, 6.45) is 17.1. The molecule has 0 bridgehead atoms. The van der Waals surface area contributed by atoms with Gasteiger partial charge in [-0.25, -0.2) is 0 Å². The Balaban J connectivity index is 1.42. The van der Waals surface area contributed by atoms with E-state index in [1.807, 2.05) is 42.5 Å². The van der Waals surface area contributed by atoms with E-state index in [1.165, 1.54) is 66.6 Å². The largest absolute Gasteiger partial charge is 0.496 e. The second-order valence-electron chi connectivity index (χ2n) is 12.4. The van der Waals surface area contributed by atoms with Gasteiger partial charge in [0.25, 0.3) is 0 Å². The molecule has 0 fully saturated rings. The molecule has 0 radical (unpaired) electrons. The summed E-state index contributed by atoms with van der Waals surface area (Å²) >= 11 is 0. The summed E-state index contributed by atoms with van der Waals surface area (Å²) in [7, 11) is 1.69. The Morgan fingerprint density at radius 1 is 0.833 bits per heavy atom. The Kier molecular flexibility index (Phi) is 10.4. The number of unbranched alkanes of at least 4 members (excludes halogenated alkanes) is 5. The maximum atomic E-state index is 5.77. The van der Waals surface area contributed by atoms with E-state index in [9.17, 15) is 0 Å². The van der Waals surface area contributed by atoms with Gasteiger partial charge in [-0.2, -0.15) is 9.61 Å². The van der Waals surface area contributed by atoms with E-state index in [4.69, 9.17) is 9.84 Å². The predicted molar refractivity (Wildman–Crippen MR) is 198 cm³/mol. The summed E-state index contributed by atoms with van der Waals surface area (Å²) in [6.45, 7) is 10.0. The number of hydrogen-bond acceptors (Lipinski definition) is 6. The van der Waals surface area contributed by atoms with Gasteiger partial charge in [0.05, 0.1) is 7.11 Å². The molecular formula is C41H46N6O. The van der Waals surface area contributed by atoms with Crippen LogP contribution in [0.1, 0.15) is 78.2 Å². The highest BCUT2D eigenvalue weighted by atomic mass is 16.5. The molecule has 6 rings (SSSR count). The average Bonchev–Trinajstić information content (AvgIpc) is 3.70. The number of aromatic nitrogens is 5. The molecule has 0 unspecified atom stereocenters. The van der Waals surface area contributed by atoms with Crippen LogP contribution in [0.3, 0.4) is 0 Å². The molecule has 0 aliphatic carbocycles. The average molecular weight is 639 g/mol. The van der Waals surface area contributed by atoms with Gasteiger partial charge in [0.15, 0.2) is 5.65 Å². The van der Waals surface area contributed by atoms with Crippen molar-refractivity contribution in [1.82, 2.24) is 24.8 Å². The van der Waals surface area contributed by atoms with Gasteiger partial charge < -0.3 is 9.64 Å². The molecule has 7 nitrogen and oxygen atoms in total. The van der Waals surface area contributed by atoms with Gasteiger partial charge >= 0.3 is 0 Å². The van der Waals surface area contributed by atoms with Crippen LogP contribution in [0.25, 0.3) is 40.1 Å². The van der Waals surface area contributed by atoms with Crippen molar-refractivity contribution in [3.63, 3.8) is 0 Å². The Morgan fingerprint density at radius 2 is 1.58 bits per heavy atom. The number of para-hydroxylation sites is 2. The van der Waals surface area contributed by atoms with Crippen molar-refractivity contribution in [1.29, 1.82) is 0 Å². The zero-order chi connectivity index (χ0) is 33.5. The number of fused-ring (bicyclic) bond motifs is 2. The van der Waals surface area contributed by atoms with Crippen molar-refractivity contribution in [2.24, 2.45) is 0 Å². The van der Waals surface area contributed by atoms with Gasteiger partial charge in [-0.3, -0.25) is 4.98 Å². The standard InChI is InChI=1S/C41H46N6O/c1-6-8-9-10-11-18-27-46-30(4)29(3)32(33-19-12-14-22-37(33)46)25-24-31(7-2)28-35-39(34-20-13-15-23-38(34)48-5)45-47-40(35)43-44-41(47)36-21-16-17-26-42-36/h12-17,19-26,28H,6-11,18,27H2,1-5H3. The zero-order valence-electron chi connectivity index (χ0n) is 28.9. The highest BCUT2D eigenvalue weighted by molar-refractivity contribution is 5.91. The Labute approximate surface area is 284 Å². The predicted octanol–water partition coefficient (Wildman–Crippen LogP) is 9.26. The van der Waals surface area contributed by atoms with Crippen LogP contribution in [0.4, 0.5) is 5.69 Å². The molecule has 0 saturated carbocycles. The summed E-state index contributed by atoms with van der Waals surface area (Å²) in [5, 5.41) is 15.1. The van der Waals surface area contributed by atoms with E-state index in [2.05, 4.69) is 90.3 Å². The van der Waals surface area contributed by atoms with Crippen molar-refractivity contribution >= 4 is 23.0 Å². The number of hydrogen-bond donors (Lipinski definition) is 0. The number of ether oxygens (including phenoxy) is 1. The smallest absolute Gasteiger partial charge is 0.203 e. The summed E-state index contributed by atoms with van der Waals surface area (Å²) in [6, 6.07) is 22.6. The molecule has 5 aromatic rings. The lowest BCUT2D eigenvalue weighted by Gasteiger charge is -2.35. The maximum Gasteiger partial charge on any atom is 0.203 e. The van der Waals surface area contributed by atoms with Crippen LogP contribution >= 0.6 is 0 Å². The Bertz CT molecular complexity index is 2020.